The van der Waals surface area contributed by atoms with Gasteiger partial charge in [0, 0.05) is 13.0 Å². The Morgan fingerprint density at radius 2 is 1.68 bits per heavy atom. The van der Waals surface area contributed by atoms with Crippen LogP contribution in [0.4, 0.5) is 4.79 Å². The number of nitrogens with zero attached hydrogens (tertiary/aromatic N) is 1. The number of amides is 1. The smallest absolute Gasteiger partial charge is 0.410 e. The lowest BCUT2D eigenvalue weighted by Gasteiger charge is -2.29. The number of hydrogen-bond donors (Lipinski definition) is 0. The first-order valence-corrected chi connectivity index (χ1v) is 7.77. The van der Waals surface area contributed by atoms with E-state index in [1.807, 2.05) is 37.3 Å². The van der Waals surface area contributed by atoms with Crippen molar-refractivity contribution < 1.29 is 19.1 Å². The standard InChI is InChI=1S/C17H25NO4/c1-4-12-18(17(20)22-6-3)15(16(19)21-5-2)13-14-10-8-7-9-11-14/h7-11,15H,4-6,12-13H2,1-3H3/t15-/m0/s1. The summed E-state index contributed by atoms with van der Waals surface area (Å²) in [5.74, 6) is -0.396. The molecule has 0 bridgehead atoms. The van der Waals surface area contributed by atoms with Crippen molar-refractivity contribution in [3.63, 3.8) is 0 Å². The summed E-state index contributed by atoms with van der Waals surface area (Å²) in [6.45, 7) is 6.48. The lowest BCUT2D eigenvalue weighted by atomic mass is 10.0. The highest BCUT2D eigenvalue weighted by Gasteiger charge is 2.31. The number of rotatable bonds is 8. The average Bonchev–Trinajstić information content (AvgIpc) is 2.52. The molecule has 0 fully saturated rings. The molecule has 0 heterocycles. The second-order valence-electron chi connectivity index (χ2n) is 4.85. The van der Waals surface area contributed by atoms with Gasteiger partial charge in [0.15, 0.2) is 0 Å². The van der Waals surface area contributed by atoms with Gasteiger partial charge in [0.05, 0.1) is 13.2 Å². The number of esters is 1. The minimum atomic E-state index is -0.665. The van der Waals surface area contributed by atoms with Gasteiger partial charge in [-0.15, -0.1) is 0 Å². The van der Waals surface area contributed by atoms with E-state index in [2.05, 4.69) is 0 Å². The zero-order valence-electron chi connectivity index (χ0n) is 13.6. The van der Waals surface area contributed by atoms with Crippen molar-refractivity contribution in [1.29, 1.82) is 0 Å². The number of carbonyl (C=O) groups excluding carboxylic acids is 2. The lowest BCUT2D eigenvalue weighted by Crippen LogP contribution is -2.47. The predicted molar refractivity (Wildman–Crippen MR) is 84.6 cm³/mol. The van der Waals surface area contributed by atoms with E-state index in [0.29, 0.717) is 13.0 Å². The van der Waals surface area contributed by atoms with Gasteiger partial charge in [-0.2, -0.15) is 0 Å². The molecule has 0 aliphatic rings. The maximum Gasteiger partial charge on any atom is 0.410 e. The topological polar surface area (TPSA) is 55.8 Å². The Kier molecular flexibility index (Phi) is 8.04. The molecule has 0 aliphatic heterocycles. The van der Waals surface area contributed by atoms with Gasteiger partial charge in [-0.3, -0.25) is 4.90 Å². The third-order valence-electron chi connectivity index (χ3n) is 3.17. The second-order valence-corrected chi connectivity index (χ2v) is 4.85. The summed E-state index contributed by atoms with van der Waals surface area (Å²) < 4.78 is 10.2. The first kappa shape index (κ1) is 18.0. The van der Waals surface area contributed by atoms with E-state index in [9.17, 15) is 9.59 Å². The summed E-state index contributed by atoms with van der Waals surface area (Å²) in [4.78, 5) is 25.9. The van der Waals surface area contributed by atoms with Crippen molar-refractivity contribution in [1.82, 2.24) is 4.90 Å². The number of ether oxygens (including phenoxy) is 2. The van der Waals surface area contributed by atoms with Gasteiger partial charge < -0.3 is 9.47 Å². The highest BCUT2D eigenvalue weighted by atomic mass is 16.6. The molecule has 1 atom stereocenters. The first-order chi connectivity index (χ1) is 10.6. The van der Waals surface area contributed by atoms with Crippen LogP contribution >= 0.6 is 0 Å². The summed E-state index contributed by atoms with van der Waals surface area (Å²) in [5, 5.41) is 0. The summed E-state index contributed by atoms with van der Waals surface area (Å²) in [7, 11) is 0. The Hall–Kier alpha value is -2.04. The van der Waals surface area contributed by atoms with Crippen molar-refractivity contribution in [2.45, 2.75) is 39.7 Å². The van der Waals surface area contributed by atoms with Crippen molar-refractivity contribution in [3.8, 4) is 0 Å². The van der Waals surface area contributed by atoms with E-state index in [0.717, 1.165) is 12.0 Å². The van der Waals surface area contributed by atoms with E-state index in [-0.39, 0.29) is 13.2 Å². The van der Waals surface area contributed by atoms with Crippen LogP contribution in [0, 0.1) is 0 Å². The molecule has 0 saturated carbocycles. The molecule has 5 nitrogen and oxygen atoms in total. The zero-order chi connectivity index (χ0) is 16.4. The van der Waals surface area contributed by atoms with Gasteiger partial charge in [0.25, 0.3) is 0 Å². The van der Waals surface area contributed by atoms with Crippen LogP contribution in [-0.4, -0.2) is 42.8 Å². The van der Waals surface area contributed by atoms with Gasteiger partial charge in [0.2, 0.25) is 0 Å². The van der Waals surface area contributed by atoms with Crippen LogP contribution in [0.25, 0.3) is 0 Å². The fourth-order valence-corrected chi connectivity index (χ4v) is 2.22. The Morgan fingerprint density at radius 3 is 2.23 bits per heavy atom. The van der Waals surface area contributed by atoms with E-state index in [1.165, 1.54) is 4.90 Å². The van der Waals surface area contributed by atoms with Crippen LogP contribution in [0.1, 0.15) is 32.8 Å². The third kappa shape index (κ3) is 5.39. The van der Waals surface area contributed by atoms with E-state index in [1.54, 1.807) is 13.8 Å². The Morgan fingerprint density at radius 1 is 1.05 bits per heavy atom. The summed E-state index contributed by atoms with van der Waals surface area (Å²) in [6, 6.07) is 8.93. The van der Waals surface area contributed by atoms with Gasteiger partial charge in [-0.25, -0.2) is 9.59 Å². The maximum absolute atomic E-state index is 12.3. The largest absolute Gasteiger partial charge is 0.464 e. The summed E-state index contributed by atoms with van der Waals surface area (Å²) in [6.07, 6.45) is 0.681. The molecule has 1 aromatic carbocycles. The molecule has 5 heteroatoms. The van der Waals surface area contributed by atoms with E-state index in [4.69, 9.17) is 9.47 Å². The highest BCUT2D eigenvalue weighted by Crippen LogP contribution is 2.13. The van der Waals surface area contributed by atoms with E-state index >= 15 is 0 Å². The fraction of sp³-hybridized carbons (Fsp3) is 0.529. The quantitative estimate of drug-likeness (QED) is 0.693. The number of benzene rings is 1. The molecule has 0 unspecified atom stereocenters. The van der Waals surface area contributed by atoms with Crippen molar-refractivity contribution in [2.24, 2.45) is 0 Å². The van der Waals surface area contributed by atoms with Crippen LogP contribution < -0.4 is 0 Å². The Bertz CT molecular complexity index is 461. The monoisotopic (exact) mass is 307 g/mol. The fourth-order valence-electron chi connectivity index (χ4n) is 2.22. The van der Waals surface area contributed by atoms with Crippen LogP contribution in [0.5, 0.6) is 0 Å². The van der Waals surface area contributed by atoms with Crippen LogP contribution in [0.15, 0.2) is 30.3 Å². The third-order valence-corrected chi connectivity index (χ3v) is 3.17. The first-order valence-electron chi connectivity index (χ1n) is 7.77. The van der Waals surface area contributed by atoms with Gasteiger partial charge in [-0.1, -0.05) is 37.3 Å². The van der Waals surface area contributed by atoms with Crippen molar-refractivity contribution >= 4 is 12.1 Å². The minimum Gasteiger partial charge on any atom is -0.464 e. The van der Waals surface area contributed by atoms with Gasteiger partial charge in [-0.05, 0) is 25.8 Å². The average molecular weight is 307 g/mol. The Labute approximate surface area is 132 Å². The van der Waals surface area contributed by atoms with Crippen LogP contribution in [0.3, 0.4) is 0 Å². The van der Waals surface area contributed by atoms with Crippen molar-refractivity contribution in [2.75, 3.05) is 19.8 Å². The number of hydrogen-bond acceptors (Lipinski definition) is 4. The molecule has 0 saturated heterocycles. The highest BCUT2D eigenvalue weighted by molar-refractivity contribution is 5.81. The molecule has 1 rings (SSSR count). The summed E-state index contributed by atoms with van der Waals surface area (Å²) >= 11 is 0. The summed E-state index contributed by atoms with van der Waals surface area (Å²) in [5.41, 5.74) is 0.978. The van der Waals surface area contributed by atoms with Crippen LogP contribution in [0.2, 0.25) is 0 Å². The van der Waals surface area contributed by atoms with Crippen LogP contribution in [-0.2, 0) is 20.7 Å². The molecule has 122 valence electrons. The molecule has 22 heavy (non-hydrogen) atoms. The SMILES string of the molecule is CCCN(C(=O)OCC)[C@@H](Cc1ccccc1)C(=O)OCC. The predicted octanol–water partition coefficient (Wildman–Crippen LogP) is 3.03. The molecule has 1 amide bonds. The molecule has 1 aromatic rings. The molecular weight excluding hydrogens is 282 g/mol. The minimum absolute atomic E-state index is 0.278. The number of carbonyl (C=O) groups is 2. The molecule has 0 spiro atoms. The molecule has 0 radical (unpaired) electrons. The molecule has 0 aliphatic carbocycles. The Balaban J connectivity index is 2.99. The van der Waals surface area contributed by atoms with Gasteiger partial charge in [0.1, 0.15) is 6.04 Å². The zero-order valence-corrected chi connectivity index (χ0v) is 13.6. The lowest BCUT2D eigenvalue weighted by molar-refractivity contribution is -0.149. The molecule has 0 aromatic heterocycles. The van der Waals surface area contributed by atoms with E-state index < -0.39 is 18.1 Å². The second kappa shape index (κ2) is 9.82. The molecule has 0 N–H and O–H groups in total. The normalized spacial score (nSPS) is 11.6. The van der Waals surface area contributed by atoms with Gasteiger partial charge >= 0.3 is 12.1 Å². The maximum atomic E-state index is 12.3. The van der Waals surface area contributed by atoms with Crippen molar-refractivity contribution in [3.05, 3.63) is 35.9 Å². The molecular formula is C17H25NO4.